The summed E-state index contributed by atoms with van der Waals surface area (Å²) in [6.07, 6.45) is 1.18. The van der Waals surface area contributed by atoms with Gasteiger partial charge in [0.25, 0.3) is 5.84 Å². The molecule has 0 amide bonds. The molecule has 0 N–H and O–H groups in total. The van der Waals surface area contributed by atoms with E-state index in [9.17, 15) is 0 Å². The molecule has 4 rings (SSSR count). The summed E-state index contributed by atoms with van der Waals surface area (Å²) in [6.45, 7) is 2.16. The Bertz CT molecular complexity index is 860. The van der Waals surface area contributed by atoms with Crippen LogP contribution in [0.25, 0.3) is 10.8 Å². The molecule has 0 spiro atoms. The number of benzene rings is 3. The molecule has 0 saturated heterocycles. The van der Waals surface area contributed by atoms with E-state index in [1.54, 1.807) is 0 Å². The van der Waals surface area contributed by atoms with E-state index in [1.807, 2.05) is 0 Å². The molecule has 3 aromatic rings. The fourth-order valence-corrected chi connectivity index (χ4v) is 3.53. The molecule has 0 unspecified atom stereocenters. The summed E-state index contributed by atoms with van der Waals surface area (Å²) in [7, 11) is 2.19. The second kappa shape index (κ2) is 5.88. The molecule has 2 nitrogen and oxygen atoms in total. The average Bonchev–Trinajstić information content (AvgIpc) is 2.62. The lowest BCUT2D eigenvalue weighted by atomic mass is 10.1. The Balaban J connectivity index is 1.91. The van der Waals surface area contributed by atoms with E-state index >= 15 is 0 Å². The molecule has 0 atom stereocenters. The normalized spacial score (nSPS) is 15.3. The Morgan fingerprint density at radius 3 is 2.43 bits per heavy atom. The van der Waals surface area contributed by atoms with E-state index in [0.29, 0.717) is 0 Å². The minimum Gasteiger partial charge on any atom is -0.264 e. The van der Waals surface area contributed by atoms with Crippen molar-refractivity contribution < 1.29 is 4.58 Å². The Kier molecular flexibility index (Phi) is 3.58. The molecule has 2 heteroatoms. The third-order valence-electron chi connectivity index (χ3n) is 4.58. The third kappa shape index (κ3) is 2.50. The summed E-state index contributed by atoms with van der Waals surface area (Å²) < 4.78 is 2.38. The standard InChI is InChI=1S/C21H21N2/c1-22-15-8-16-23(21(22)18-10-3-2-4-11-18)20-14-7-12-17-9-5-6-13-19(17)20/h2-7,9-14H,8,15-16H2,1H3/q+1. The van der Waals surface area contributed by atoms with Gasteiger partial charge in [-0.05, 0) is 23.6 Å². The van der Waals surface area contributed by atoms with Crippen molar-refractivity contribution in [2.75, 3.05) is 25.0 Å². The van der Waals surface area contributed by atoms with Crippen LogP contribution in [0.15, 0.2) is 72.8 Å². The Labute approximate surface area is 137 Å². The molecule has 0 aromatic heterocycles. The monoisotopic (exact) mass is 301 g/mol. The van der Waals surface area contributed by atoms with Crippen molar-refractivity contribution in [3.63, 3.8) is 0 Å². The van der Waals surface area contributed by atoms with Crippen molar-refractivity contribution in [1.82, 2.24) is 0 Å². The maximum absolute atomic E-state index is 2.47. The summed E-state index contributed by atoms with van der Waals surface area (Å²) >= 11 is 0. The summed E-state index contributed by atoms with van der Waals surface area (Å²) in [4.78, 5) is 2.47. The van der Waals surface area contributed by atoms with Crippen molar-refractivity contribution >= 4 is 22.3 Å². The van der Waals surface area contributed by atoms with Gasteiger partial charge in [-0.2, -0.15) is 0 Å². The molecule has 114 valence electrons. The first-order valence-electron chi connectivity index (χ1n) is 8.23. The van der Waals surface area contributed by atoms with Gasteiger partial charge in [0.2, 0.25) is 0 Å². The molecule has 0 radical (unpaired) electrons. The molecular weight excluding hydrogens is 280 g/mol. The maximum Gasteiger partial charge on any atom is 0.284 e. The van der Waals surface area contributed by atoms with Crippen molar-refractivity contribution in [3.8, 4) is 0 Å². The highest BCUT2D eigenvalue weighted by Gasteiger charge is 2.30. The average molecular weight is 301 g/mol. The van der Waals surface area contributed by atoms with Gasteiger partial charge in [-0.3, -0.25) is 4.58 Å². The molecule has 0 saturated carbocycles. The van der Waals surface area contributed by atoms with Crippen LogP contribution in [-0.4, -0.2) is 30.5 Å². The van der Waals surface area contributed by atoms with Gasteiger partial charge >= 0.3 is 0 Å². The van der Waals surface area contributed by atoms with Crippen molar-refractivity contribution in [3.05, 3.63) is 78.4 Å². The minimum atomic E-state index is 1.06. The zero-order valence-corrected chi connectivity index (χ0v) is 13.4. The van der Waals surface area contributed by atoms with Crippen LogP contribution in [0.3, 0.4) is 0 Å². The predicted octanol–water partition coefficient (Wildman–Crippen LogP) is 4.14. The van der Waals surface area contributed by atoms with Crippen LogP contribution >= 0.6 is 0 Å². The lowest BCUT2D eigenvalue weighted by Crippen LogP contribution is -2.44. The fraction of sp³-hybridized carbons (Fsp3) is 0.190. The van der Waals surface area contributed by atoms with Gasteiger partial charge in [0.05, 0.1) is 25.7 Å². The van der Waals surface area contributed by atoms with Crippen LogP contribution in [0.5, 0.6) is 0 Å². The number of hydrogen-bond donors (Lipinski definition) is 0. The number of amidine groups is 1. The number of hydrogen-bond acceptors (Lipinski definition) is 1. The smallest absolute Gasteiger partial charge is 0.264 e. The third-order valence-corrected chi connectivity index (χ3v) is 4.58. The second-order valence-electron chi connectivity index (χ2n) is 6.11. The van der Waals surface area contributed by atoms with Crippen molar-refractivity contribution in [1.29, 1.82) is 0 Å². The molecule has 1 aliphatic heterocycles. The Hall–Kier alpha value is -2.61. The molecule has 0 aliphatic carbocycles. The molecule has 3 aromatic carbocycles. The first-order valence-corrected chi connectivity index (χ1v) is 8.23. The van der Waals surface area contributed by atoms with E-state index in [2.05, 4.69) is 89.3 Å². The van der Waals surface area contributed by atoms with E-state index in [-0.39, 0.29) is 0 Å². The first kappa shape index (κ1) is 14.0. The molecule has 1 aliphatic rings. The van der Waals surface area contributed by atoms with Gasteiger partial charge in [0.15, 0.2) is 0 Å². The van der Waals surface area contributed by atoms with Crippen LogP contribution < -0.4 is 4.90 Å². The highest BCUT2D eigenvalue weighted by molar-refractivity contribution is 6.11. The SMILES string of the molecule is C[N+]1=C(c2ccccc2)N(c2cccc3ccccc23)CCC1. The lowest BCUT2D eigenvalue weighted by Gasteiger charge is -2.26. The van der Waals surface area contributed by atoms with E-state index in [1.165, 1.54) is 34.3 Å². The summed E-state index contributed by atoms with van der Waals surface area (Å²) in [5, 5.41) is 2.62. The fourth-order valence-electron chi connectivity index (χ4n) is 3.53. The number of rotatable bonds is 2. The van der Waals surface area contributed by atoms with E-state index in [4.69, 9.17) is 0 Å². The van der Waals surface area contributed by atoms with Gasteiger partial charge in [-0.25, -0.2) is 4.90 Å². The molecule has 0 bridgehead atoms. The van der Waals surface area contributed by atoms with Crippen LogP contribution in [0.1, 0.15) is 12.0 Å². The molecule has 23 heavy (non-hydrogen) atoms. The topological polar surface area (TPSA) is 6.25 Å². The lowest BCUT2D eigenvalue weighted by molar-refractivity contribution is -0.501. The summed E-state index contributed by atoms with van der Waals surface area (Å²) in [5.41, 5.74) is 2.58. The number of fused-ring (bicyclic) bond motifs is 1. The van der Waals surface area contributed by atoms with E-state index < -0.39 is 0 Å². The van der Waals surface area contributed by atoms with Crippen LogP contribution in [0.2, 0.25) is 0 Å². The summed E-state index contributed by atoms with van der Waals surface area (Å²) in [6, 6.07) is 26.0. The van der Waals surface area contributed by atoms with Crippen LogP contribution in [0, 0.1) is 0 Å². The number of nitrogens with zero attached hydrogens (tertiary/aromatic N) is 2. The second-order valence-corrected chi connectivity index (χ2v) is 6.11. The first-order chi connectivity index (χ1) is 11.3. The highest BCUT2D eigenvalue weighted by atomic mass is 15.3. The largest absolute Gasteiger partial charge is 0.284 e. The highest BCUT2D eigenvalue weighted by Crippen LogP contribution is 2.29. The van der Waals surface area contributed by atoms with Gasteiger partial charge in [-0.15, -0.1) is 0 Å². The molecule has 1 heterocycles. The van der Waals surface area contributed by atoms with Crippen molar-refractivity contribution in [2.24, 2.45) is 0 Å². The zero-order valence-electron chi connectivity index (χ0n) is 13.4. The predicted molar refractivity (Wildman–Crippen MR) is 97.5 cm³/mol. The van der Waals surface area contributed by atoms with E-state index in [0.717, 1.165) is 13.1 Å². The Morgan fingerprint density at radius 2 is 1.57 bits per heavy atom. The van der Waals surface area contributed by atoms with Crippen LogP contribution in [-0.2, 0) is 0 Å². The van der Waals surface area contributed by atoms with Gasteiger partial charge in [0.1, 0.15) is 5.69 Å². The maximum atomic E-state index is 2.47. The van der Waals surface area contributed by atoms with Gasteiger partial charge in [-0.1, -0.05) is 54.6 Å². The number of anilines is 1. The zero-order chi connectivity index (χ0) is 15.6. The minimum absolute atomic E-state index is 1.06. The molecule has 0 fully saturated rings. The van der Waals surface area contributed by atoms with Gasteiger partial charge in [0, 0.05) is 11.8 Å². The van der Waals surface area contributed by atoms with Crippen LogP contribution in [0.4, 0.5) is 5.69 Å². The van der Waals surface area contributed by atoms with Gasteiger partial charge < -0.3 is 0 Å². The van der Waals surface area contributed by atoms with Crippen molar-refractivity contribution in [2.45, 2.75) is 6.42 Å². The summed E-state index contributed by atoms with van der Waals surface area (Å²) in [5.74, 6) is 1.30. The molecular formula is C21H21N2+. The Morgan fingerprint density at radius 1 is 0.826 bits per heavy atom. The quantitative estimate of drug-likeness (QED) is 0.645.